The van der Waals surface area contributed by atoms with Crippen molar-refractivity contribution in [3.05, 3.63) is 25.3 Å². The van der Waals surface area contributed by atoms with Gasteiger partial charge in [-0.1, -0.05) is 12.2 Å². The highest BCUT2D eigenvalue weighted by Gasteiger charge is 2.32. The van der Waals surface area contributed by atoms with Gasteiger partial charge in [0.1, 0.15) is 0 Å². The molecule has 0 heterocycles. The number of carbonyl (C=O) groups is 1. The lowest BCUT2D eigenvalue weighted by atomic mass is 9.82. The Balaban J connectivity index is 4.60. The minimum absolute atomic E-state index is 0.209. The Hall–Kier alpha value is -0.760. The van der Waals surface area contributed by atoms with Gasteiger partial charge < -0.3 is 5.73 Å². The number of hydrogen-bond acceptors (Lipinski definition) is 1. The molecule has 68 valence electrons. The highest BCUT2D eigenvalue weighted by molar-refractivity contribution is 6.20. The lowest BCUT2D eigenvalue weighted by Crippen LogP contribution is -2.38. The van der Waals surface area contributed by atoms with E-state index in [-0.39, 0.29) is 5.88 Å². The Morgan fingerprint density at radius 2 is 1.83 bits per heavy atom. The van der Waals surface area contributed by atoms with Gasteiger partial charge in [0.15, 0.2) is 0 Å². The van der Waals surface area contributed by atoms with Crippen LogP contribution >= 0.6 is 11.6 Å². The largest absolute Gasteiger partial charge is 0.369 e. The molecule has 0 spiro atoms. The van der Waals surface area contributed by atoms with Crippen LogP contribution in [0.4, 0.5) is 0 Å². The summed E-state index contributed by atoms with van der Waals surface area (Å²) in [7, 11) is 0. The highest BCUT2D eigenvalue weighted by atomic mass is 35.5. The number of rotatable bonds is 6. The Morgan fingerprint density at radius 3 is 2.00 bits per heavy atom. The van der Waals surface area contributed by atoms with Crippen molar-refractivity contribution in [2.45, 2.75) is 12.8 Å². The van der Waals surface area contributed by atoms with Crippen molar-refractivity contribution in [3.63, 3.8) is 0 Å². The number of nitrogens with two attached hydrogens (primary N) is 1. The van der Waals surface area contributed by atoms with Crippen LogP contribution in [-0.2, 0) is 4.79 Å². The second-order valence-electron chi connectivity index (χ2n) is 2.76. The number of carbonyl (C=O) groups excluding carboxylic acids is 1. The quantitative estimate of drug-likeness (QED) is 0.501. The van der Waals surface area contributed by atoms with Gasteiger partial charge in [-0.15, -0.1) is 24.8 Å². The Kier molecular flexibility index (Phi) is 4.67. The SMILES string of the molecule is C=CCC(CCl)(CC=C)C(N)=O. The summed E-state index contributed by atoms with van der Waals surface area (Å²) in [5.41, 5.74) is 4.55. The fourth-order valence-corrected chi connectivity index (χ4v) is 1.36. The van der Waals surface area contributed by atoms with Crippen LogP contribution in [0.5, 0.6) is 0 Å². The first kappa shape index (κ1) is 11.2. The third kappa shape index (κ3) is 2.38. The fraction of sp³-hybridized carbons (Fsp3) is 0.444. The summed E-state index contributed by atoms with van der Waals surface area (Å²) in [6.07, 6.45) is 4.29. The van der Waals surface area contributed by atoms with E-state index in [0.717, 1.165) is 0 Å². The molecule has 0 unspecified atom stereocenters. The van der Waals surface area contributed by atoms with E-state index in [2.05, 4.69) is 13.2 Å². The maximum Gasteiger partial charge on any atom is 0.225 e. The third-order valence-electron chi connectivity index (χ3n) is 1.85. The summed E-state index contributed by atoms with van der Waals surface area (Å²) in [5, 5.41) is 0. The summed E-state index contributed by atoms with van der Waals surface area (Å²) in [5.74, 6) is -0.183. The zero-order chi connectivity index (χ0) is 9.61. The van der Waals surface area contributed by atoms with Crippen LogP contribution in [0.2, 0.25) is 0 Å². The highest BCUT2D eigenvalue weighted by Crippen LogP contribution is 2.28. The summed E-state index contributed by atoms with van der Waals surface area (Å²) < 4.78 is 0. The number of halogens is 1. The minimum atomic E-state index is -0.689. The lowest BCUT2D eigenvalue weighted by Gasteiger charge is -2.25. The van der Waals surface area contributed by atoms with Crippen molar-refractivity contribution < 1.29 is 4.79 Å². The van der Waals surface area contributed by atoms with E-state index in [1.54, 1.807) is 12.2 Å². The van der Waals surface area contributed by atoms with Gasteiger partial charge in [0.2, 0.25) is 5.91 Å². The van der Waals surface area contributed by atoms with Gasteiger partial charge in [-0.05, 0) is 12.8 Å². The Labute approximate surface area is 78.1 Å². The van der Waals surface area contributed by atoms with E-state index < -0.39 is 11.3 Å². The van der Waals surface area contributed by atoms with E-state index in [1.807, 2.05) is 0 Å². The summed E-state index contributed by atoms with van der Waals surface area (Å²) >= 11 is 5.68. The van der Waals surface area contributed by atoms with Crippen molar-refractivity contribution in [2.75, 3.05) is 5.88 Å². The first-order valence-corrected chi connectivity index (χ1v) is 4.24. The Bertz CT molecular complexity index is 179. The second kappa shape index (κ2) is 4.99. The molecule has 0 rings (SSSR count). The van der Waals surface area contributed by atoms with Gasteiger partial charge in [0.25, 0.3) is 0 Å². The lowest BCUT2D eigenvalue weighted by molar-refractivity contribution is -0.126. The van der Waals surface area contributed by atoms with Crippen molar-refractivity contribution >= 4 is 17.5 Å². The van der Waals surface area contributed by atoms with E-state index in [4.69, 9.17) is 17.3 Å². The van der Waals surface area contributed by atoms with Crippen LogP contribution in [-0.4, -0.2) is 11.8 Å². The maximum atomic E-state index is 11.1. The zero-order valence-electron chi connectivity index (χ0n) is 7.05. The van der Waals surface area contributed by atoms with Gasteiger partial charge in [-0.2, -0.15) is 0 Å². The molecule has 2 nitrogen and oxygen atoms in total. The molecule has 0 aliphatic heterocycles. The minimum Gasteiger partial charge on any atom is -0.369 e. The standard InChI is InChI=1S/C9H14ClNO/c1-3-5-9(7-10,6-4-2)8(11)12/h3-4H,1-2,5-7H2,(H2,11,12). The van der Waals surface area contributed by atoms with E-state index in [1.165, 1.54) is 0 Å². The first-order chi connectivity index (χ1) is 5.63. The van der Waals surface area contributed by atoms with Crippen molar-refractivity contribution in [2.24, 2.45) is 11.1 Å². The van der Waals surface area contributed by atoms with Crippen LogP contribution < -0.4 is 5.73 Å². The van der Waals surface area contributed by atoms with Crippen LogP contribution in [0.15, 0.2) is 25.3 Å². The number of amides is 1. The molecule has 0 saturated heterocycles. The van der Waals surface area contributed by atoms with Crippen LogP contribution in [0.25, 0.3) is 0 Å². The van der Waals surface area contributed by atoms with E-state index in [9.17, 15) is 4.79 Å². The Morgan fingerprint density at radius 1 is 1.42 bits per heavy atom. The molecule has 0 bridgehead atoms. The molecule has 2 N–H and O–H groups in total. The topological polar surface area (TPSA) is 43.1 Å². The normalized spacial score (nSPS) is 10.8. The van der Waals surface area contributed by atoms with Crippen molar-refractivity contribution in [1.82, 2.24) is 0 Å². The molecule has 0 aromatic rings. The predicted octanol–water partition coefficient (Wildman–Crippen LogP) is 1.85. The molecule has 0 radical (unpaired) electrons. The number of hydrogen-bond donors (Lipinski definition) is 1. The average Bonchev–Trinajstić information content (AvgIpc) is 2.03. The molecule has 0 aliphatic rings. The van der Waals surface area contributed by atoms with Gasteiger partial charge >= 0.3 is 0 Å². The van der Waals surface area contributed by atoms with Crippen LogP contribution in [0.3, 0.4) is 0 Å². The third-order valence-corrected chi connectivity index (χ3v) is 2.36. The summed E-state index contributed by atoms with van der Waals surface area (Å²) in [4.78, 5) is 11.1. The van der Waals surface area contributed by atoms with Gasteiger partial charge in [-0.25, -0.2) is 0 Å². The molecule has 3 heteroatoms. The fourth-order valence-electron chi connectivity index (χ4n) is 1.01. The molecule has 1 amide bonds. The number of allylic oxidation sites excluding steroid dienone is 2. The average molecular weight is 188 g/mol. The second-order valence-corrected chi connectivity index (χ2v) is 3.03. The predicted molar refractivity (Wildman–Crippen MR) is 52.0 cm³/mol. The van der Waals surface area contributed by atoms with Crippen molar-refractivity contribution in [3.8, 4) is 0 Å². The number of primary amides is 1. The van der Waals surface area contributed by atoms with Gasteiger partial charge in [-0.3, -0.25) is 4.79 Å². The summed E-state index contributed by atoms with van der Waals surface area (Å²) in [6.45, 7) is 7.11. The van der Waals surface area contributed by atoms with E-state index in [0.29, 0.717) is 12.8 Å². The van der Waals surface area contributed by atoms with Gasteiger partial charge in [0.05, 0.1) is 5.41 Å². The van der Waals surface area contributed by atoms with E-state index >= 15 is 0 Å². The zero-order valence-corrected chi connectivity index (χ0v) is 7.81. The molecule has 0 aliphatic carbocycles. The molecule has 0 aromatic heterocycles. The molecule has 12 heavy (non-hydrogen) atoms. The monoisotopic (exact) mass is 187 g/mol. The molecule has 0 saturated carbocycles. The van der Waals surface area contributed by atoms with Gasteiger partial charge in [0, 0.05) is 5.88 Å². The molecule has 0 fully saturated rings. The maximum absolute atomic E-state index is 11.1. The van der Waals surface area contributed by atoms with Crippen LogP contribution in [0.1, 0.15) is 12.8 Å². The smallest absolute Gasteiger partial charge is 0.225 e. The number of alkyl halides is 1. The molecular formula is C9H14ClNO. The molecular weight excluding hydrogens is 174 g/mol. The summed E-state index contributed by atoms with van der Waals surface area (Å²) in [6, 6.07) is 0. The van der Waals surface area contributed by atoms with Crippen LogP contribution in [0, 0.1) is 5.41 Å². The first-order valence-electron chi connectivity index (χ1n) is 3.70. The molecule has 0 atom stereocenters. The molecule has 0 aromatic carbocycles. The van der Waals surface area contributed by atoms with Crippen molar-refractivity contribution in [1.29, 1.82) is 0 Å².